The van der Waals surface area contributed by atoms with E-state index in [2.05, 4.69) is 29.8 Å². The Morgan fingerprint density at radius 1 is 1.36 bits per heavy atom. The number of halogens is 2. The van der Waals surface area contributed by atoms with Crippen LogP contribution < -0.4 is 5.73 Å². The first-order valence-electron chi connectivity index (χ1n) is 7.43. The van der Waals surface area contributed by atoms with Gasteiger partial charge < -0.3 is 10.6 Å². The third-order valence-corrected chi connectivity index (χ3v) is 4.58. The molecule has 0 aromatic heterocycles. The fraction of sp³-hybridized carbons (Fsp3) is 0.588. The van der Waals surface area contributed by atoms with Gasteiger partial charge in [-0.2, -0.15) is 0 Å². The monoisotopic (exact) mass is 390 g/mol. The van der Waals surface area contributed by atoms with Crippen LogP contribution in [0.5, 0.6) is 0 Å². The van der Waals surface area contributed by atoms with E-state index in [0.717, 1.165) is 16.5 Å². The number of hydrogen-bond donors (Lipinski definition) is 1. The normalized spacial score (nSPS) is 12.7. The minimum absolute atomic E-state index is 0. The molecule has 0 bridgehead atoms. The van der Waals surface area contributed by atoms with Crippen LogP contribution in [0, 0.1) is 5.92 Å². The molecular weight excluding hydrogens is 364 g/mol. The molecule has 0 fully saturated rings. The first-order valence-corrected chi connectivity index (χ1v) is 8.22. The van der Waals surface area contributed by atoms with Gasteiger partial charge in [0.05, 0.1) is 5.41 Å². The van der Waals surface area contributed by atoms with E-state index in [9.17, 15) is 4.79 Å². The van der Waals surface area contributed by atoms with E-state index in [1.165, 1.54) is 0 Å². The van der Waals surface area contributed by atoms with Crippen molar-refractivity contribution in [3.05, 3.63) is 34.3 Å². The third kappa shape index (κ3) is 5.56. The van der Waals surface area contributed by atoms with Gasteiger partial charge in [0.2, 0.25) is 5.91 Å². The van der Waals surface area contributed by atoms with Gasteiger partial charge in [0.1, 0.15) is 0 Å². The van der Waals surface area contributed by atoms with Gasteiger partial charge in [0, 0.05) is 24.1 Å². The number of amides is 1. The minimum Gasteiger partial charge on any atom is -0.345 e. The molecule has 0 radical (unpaired) electrons. The van der Waals surface area contributed by atoms with Crippen LogP contribution in [0.4, 0.5) is 0 Å². The summed E-state index contributed by atoms with van der Waals surface area (Å²) in [6.45, 7) is 8.84. The first-order chi connectivity index (χ1) is 9.66. The molecule has 0 saturated carbocycles. The molecular formula is C17H28BrClN2O. The Hall–Kier alpha value is -0.580. The largest absolute Gasteiger partial charge is 0.345 e. The Balaban J connectivity index is 0.00000441. The van der Waals surface area contributed by atoms with Crippen molar-refractivity contribution in [2.24, 2.45) is 11.7 Å². The maximum Gasteiger partial charge on any atom is 0.232 e. The van der Waals surface area contributed by atoms with Crippen molar-refractivity contribution in [2.75, 3.05) is 13.6 Å². The molecule has 0 aliphatic carbocycles. The van der Waals surface area contributed by atoms with E-state index in [1.54, 1.807) is 4.90 Å². The predicted molar refractivity (Wildman–Crippen MR) is 99.5 cm³/mol. The lowest BCUT2D eigenvalue weighted by Crippen LogP contribution is -2.43. The molecule has 1 rings (SSSR count). The number of carbonyl (C=O) groups is 1. The van der Waals surface area contributed by atoms with E-state index in [4.69, 9.17) is 5.73 Å². The summed E-state index contributed by atoms with van der Waals surface area (Å²) in [4.78, 5) is 14.5. The number of carbonyl (C=O) groups excluding carboxylic acids is 1. The Labute approximate surface area is 149 Å². The second kappa shape index (κ2) is 8.90. The second-order valence-corrected chi connectivity index (χ2v) is 7.47. The average molecular weight is 392 g/mol. The van der Waals surface area contributed by atoms with Crippen LogP contribution in [-0.2, 0) is 10.2 Å². The van der Waals surface area contributed by atoms with Gasteiger partial charge in [-0.25, -0.2) is 0 Å². The van der Waals surface area contributed by atoms with E-state index >= 15 is 0 Å². The summed E-state index contributed by atoms with van der Waals surface area (Å²) in [5.74, 6) is 0.558. The molecule has 3 nitrogen and oxygen atoms in total. The van der Waals surface area contributed by atoms with E-state index in [0.29, 0.717) is 12.5 Å². The lowest BCUT2D eigenvalue weighted by Gasteiger charge is -2.31. The van der Waals surface area contributed by atoms with Crippen molar-refractivity contribution < 1.29 is 4.79 Å². The molecule has 0 saturated heterocycles. The van der Waals surface area contributed by atoms with Crippen LogP contribution in [0.2, 0.25) is 0 Å². The van der Waals surface area contributed by atoms with Gasteiger partial charge >= 0.3 is 0 Å². The van der Waals surface area contributed by atoms with Gasteiger partial charge in [-0.1, -0.05) is 41.9 Å². The van der Waals surface area contributed by atoms with Crippen molar-refractivity contribution in [3.63, 3.8) is 0 Å². The highest BCUT2D eigenvalue weighted by molar-refractivity contribution is 9.10. The van der Waals surface area contributed by atoms with Crippen molar-refractivity contribution in [2.45, 2.75) is 45.6 Å². The van der Waals surface area contributed by atoms with Crippen molar-refractivity contribution in [1.82, 2.24) is 4.90 Å². The smallest absolute Gasteiger partial charge is 0.232 e. The van der Waals surface area contributed by atoms with Crippen LogP contribution in [0.1, 0.15) is 39.7 Å². The van der Waals surface area contributed by atoms with Crippen molar-refractivity contribution in [3.8, 4) is 0 Å². The number of likely N-dealkylation sites (N-methyl/N-ethyl adjacent to an activating group) is 1. The summed E-state index contributed by atoms with van der Waals surface area (Å²) in [5, 5.41) is 0. The highest BCUT2D eigenvalue weighted by Crippen LogP contribution is 2.27. The number of rotatable bonds is 6. The number of benzene rings is 1. The quantitative estimate of drug-likeness (QED) is 0.797. The second-order valence-electron chi connectivity index (χ2n) is 6.56. The van der Waals surface area contributed by atoms with Gasteiger partial charge in [0.15, 0.2) is 0 Å². The van der Waals surface area contributed by atoms with Gasteiger partial charge in [-0.3, -0.25) is 4.79 Å². The molecule has 126 valence electrons. The molecule has 5 heteroatoms. The summed E-state index contributed by atoms with van der Waals surface area (Å²) >= 11 is 3.47. The van der Waals surface area contributed by atoms with E-state index in [1.807, 2.05) is 45.2 Å². The number of nitrogens with two attached hydrogens (primary N) is 1. The highest BCUT2D eigenvalue weighted by Gasteiger charge is 2.32. The Kier molecular flexibility index (Phi) is 8.66. The van der Waals surface area contributed by atoms with Gasteiger partial charge in [0.25, 0.3) is 0 Å². The zero-order chi connectivity index (χ0) is 16.2. The molecule has 1 atom stereocenters. The van der Waals surface area contributed by atoms with Crippen molar-refractivity contribution in [1.29, 1.82) is 0 Å². The topological polar surface area (TPSA) is 46.3 Å². The summed E-state index contributed by atoms with van der Waals surface area (Å²) in [6, 6.07) is 8.06. The lowest BCUT2D eigenvalue weighted by atomic mass is 9.83. The van der Waals surface area contributed by atoms with Crippen LogP contribution in [0.25, 0.3) is 0 Å². The first kappa shape index (κ1) is 21.4. The van der Waals surface area contributed by atoms with Crippen LogP contribution in [0.3, 0.4) is 0 Å². The zero-order valence-electron chi connectivity index (χ0n) is 14.1. The summed E-state index contributed by atoms with van der Waals surface area (Å²) in [5.41, 5.74) is 6.54. The predicted octanol–water partition coefficient (Wildman–Crippen LogP) is 3.98. The SMILES string of the molecule is CC(C)C(N)CCN(C)C(=O)C(C)(C)c1cccc(Br)c1.Cl. The Morgan fingerprint density at radius 2 is 1.95 bits per heavy atom. The number of nitrogens with zero attached hydrogens (tertiary/aromatic N) is 1. The fourth-order valence-corrected chi connectivity index (χ4v) is 2.65. The molecule has 1 unspecified atom stereocenters. The molecule has 2 N–H and O–H groups in total. The molecule has 22 heavy (non-hydrogen) atoms. The van der Waals surface area contributed by atoms with E-state index < -0.39 is 5.41 Å². The lowest BCUT2D eigenvalue weighted by molar-refractivity contribution is -0.135. The average Bonchev–Trinajstić information content (AvgIpc) is 2.43. The molecule has 0 aliphatic rings. The maximum atomic E-state index is 12.7. The summed E-state index contributed by atoms with van der Waals surface area (Å²) < 4.78 is 0.991. The Morgan fingerprint density at radius 3 is 2.45 bits per heavy atom. The summed E-state index contributed by atoms with van der Waals surface area (Å²) in [6.07, 6.45) is 0.828. The fourth-order valence-electron chi connectivity index (χ4n) is 2.26. The van der Waals surface area contributed by atoms with Crippen LogP contribution in [0.15, 0.2) is 28.7 Å². The standard InChI is InChI=1S/C17H27BrN2O.ClH/c1-12(2)15(19)9-10-20(5)16(21)17(3,4)13-7-6-8-14(18)11-13;/h6-8,11-12,15H,9-10,19H2,1-5H3;1H. The zero-order valence-corrected chi connectivity index (χ0v) is 16.5. The molecule has 1 aromatic carbocycles. The van der Waals surface area contributed by atoms with E-state index in [-0.39, 0.29) is 24.4 Å². The molecule has 0 heterocycles. The molecule has 0 aliphatic heterocycles. The third-order valence-electron chi connectivity index (χ3n) is 4.08. The minimum atomic E-state index is -0.541. The molecule has 1 aromatic rings. The van der Waals surface area contributed by atoms with Gasteiger partial charge in [-0.05, 0) is 43.9 Å². The van der Waals surface area contributed by atoms with Gasteiger partial charge in [-0.15, -0.1) is 12.4 Å². The maximum absolute atomic E-state index is 12.7. The summed E-state index contributed by atoms with van der Waals surface area (Å²) in [7, 11) is 1.86. The Bertz CT molecular complexity index is 491. The van der Waals surface area contributed by atoms with Crippen LogP contribution >= 0.6 is 28.3 Å². The van der Waals surface area contributed by atoms with Crippen LogP contribution in [-0.4, -0.2) is 30.4 Å². The number of hydrogen-bond acceptors (Lipinski definition) is 2. The molecule has 1 amide bonds. The molecule has 0 spiro atoms. The van der Waals surface area contributed by atoms with Crippen molar-refractivity contribution >= 4 is 34.2 Å². The highest BCUT2D eigenvalue weighted by atomic mass is 79.9.